The van der Waals surface area contributed by atoms with Gasteiger partial charge < -0.3 is 9.15 Å². The highest BCUT2D eigenvalue weighted by atomic mass is 32.2. The minimum absolute atomic E-state index is 0.207. The lowest BCUT2D eigenvalue weighted by atomic mass is 10.2. The van der Waals surface area contributed by atoms with Gasteiger partial charge in [-0.05, 0) is 23.6 Å². The zero-order valence-corrected chi connectivity index (χ0v) is 13.3. The lowest BCUT2D eigenvalue weighted by Crippen LogP contribution is -1.99. The van der Waals surface area contributed by atoms with Gasteiger partial charge in [0.15, 0.2) is 9.84 Å². The summed E-state index contributed by atoms with van der Waals surface area (Å²) < 4.78 is 33.0. The molecule has 0 aliphatic carbocycles. The molecule has 0 fully saturated rings. The van der Waals surface area contributed by atoms with Gasteiger partial charge in [-0.25, -0.2) is 13.2 Å². The maximum atomic E-state index is 11.6. The predicted octanol–water partition coefficient (Wildman–Crippen LogP) is 2.70. The summed E-state index contributed by atoms with van der Waals surface area (Å²) in [5, 5.41) is 10.6. The molecule has 2 heterocycles. The summed E-state index contributed by atoms with van der Waals surface area (Å²) in [6.45, 7) is 0. The number of carbonyl (C=O) groups excluding carboxylic acids is 1. The maximum Gasteiger partial charge on any atom is 0.348 e. The number of methoxy groups -OCH3 is 1. The third-order valence-electron chi connectivity index (χ3n) is 2.71. The summed E-state index contributed by atoms with van der Waals surface area (Å²) in [6, 6.07) is 6.43. The summed E-state index contributed by atoms with van der Waals surface area (Å²) in [5.41, 5.74) is 0.550. The van der Waals surface area contributed by atoms with Crippen molar-refractivity contribution in [2.45, 2.75) is 0 Å². The van der Waals surface area contributed by atoms with Crippen LogP contribution in [0.4, 0.5) is 0 Å². The molecular weight excluding hydrogens is 326 g/mol. The van der Waals surface area contributed by atoms with Gasteiger partial charge in [-0.3, -0.25) is 0 Å². The second-order valence-electron chi connectivity index (χ2n) is 4.25. The first kappa shape index (κ1) is 16.0. The molecule has 0 unspecified atom stereocenters. The number of esters is 1. The fraction of sp³-hybridized carbons (Fsp3) is 0.143. The number of carbonyl (C=O) groups is 1. The number of allylic oxidation sites excluding steroid dienone is 1. The van der Waals surface area contributed by atoms with Gasteiger partial charge in [0.05, 0.1) is 7.11 Å². The van der Waals surface area contributed by atoms with E-state index in [-0.39, 0.29) is 5.76 Å². The molecule has 0 spiro atoms. The number of furan rings is 1. The van der Waals surface area contributed by atoms with E-state index in [9.17, 15) is 13.2 Å². The van der Waals surface area contributed by atoms with Crippen molar-refractivity contribution in [1.29, 1.82) is 5.26 Å². The van der Waals surface area contributed by atoms with Gasteiger partial charge >= 0.3 is 5.97 Å². The van der Waals surface area contributed by atoms with Crippen LogP contribution in [-0.4, -0.2) is 27.8 Å². The number of thiophene rings is 1. The number of sulfone groups is 1. The zero-order valence-electron chi connectivity index (χ0n) is 11.7. The van der Waals surface area contributed by atoms with E-state index in [1.807, 2.05) is 0 Å². The molecule has 22 heavy (non-hydrogen) atoms. The Morgan fingerprint density at radius 1 is 1.41 bits per heavy atom. The van der Waals surface area contributed by atoms with Crippen LogP contribution in [0.2, 0.25) is 0 Å². The molecule has 0 aliphatic heterocycles. The Balaban J connectivity index is 2.42. The fourth-order valence-electron chi connectivity index (χ4n) is 1.68. The normalized spacial score (nSPS) is 12.0. The van der Waals surface area contributed by atoms with Gasteiger partial charge in [0.25, 0.3) is 0 Å². The summed E-state index contributed by atoms with van der Waals surface area (Å²) in [4.78, 5) is 11.6. The number of hydrogen-bond acceptors (Lipinski definition) is 7. The quantitative estimate of drug-likeness (QED) is 0.628. The Morgan fingerprint density at radius 2 is 2.14 bits per heavy atom. The van der Waals surface area contributed by atoms with Gasteiger partial charge in [-0.2, -0.15) is 5.26 Å². The van der Waals surface area contributed by atoms with Crippen LogP contribution in [0.25, 0.3) is 17.4 Å². The molecule has 8 heteroatoms. The zero-order chi connectivity index (χ0) is 16.3. The van der Waals surface area contributed by atoms with Crippen LogP contribution < -0.4 is 0 Å². The van der Waals surface area contributed by atoms with Crippen molar-refractivity contribution in [3.05, 3.63) is 39.1 Å². The van der Waals surface area contributed by atoms with Crippen molar-refractivity contribution in [1.82, 2.24) is 0 Å². The highest BCUT2D eigenvalue weighted by Gasteiger charge is 2.18. The molecule has 0 bridgehead atoms. The molecule has 0 saturated heterocycles. The average Bonchev–Trinajstić information content (AvgIpc) is 3.10. The van der Waals surface area contributed by atoms with E-state index in [4.69, 9.17) is 9.68 Å². The van der Waals surface area contributed by atoms with E-state index in [1.165, 1.54) is 24.5 Å². The summed E-state index contributed by atoms with van der Waals surface area (Å²) in [5.74, 6) is 0.116. The van der Waals surface area contributed by atoms with E-state index in [0.717, 1.165) is 12.3 Å². The number of hydrogen-bond donors (Lipinski definition) is 0. The number of ether oxygens (including phenoxy) is 1. The Morgan fingerprint density at radius 3 is 2.73 bits per heavy atom. The molecule has 114 valence electrons. The average molecular weight is 337 g/mol. The van der Waals surface area contributed by atoms with Crippen LogP contribution in [0.5, 0.6) is 0 Å². The molecule has 2 rings (SSSR count). The Labute approximate surface area is 131 Å². The van der Waals surface area contributed by atoms with E-state index in [0.29, 0.717) is 16.2 Å². The van der Waals surface area contributed by atoms with Crippen molar-refractivity contribution in [3.8, 4) is 17.4 Å². The van der Waals surface area contributed by atoms with Crippen molar-refractivity contribution in [2.24, 2.45) is 0 Å². The van der Waals surface area contributed by atoms with Crippen molar-refractivity contribution in [3.63, 3.8) is 0 Å². The molecule has 0 radical (unpaired) electrons. The predicted molar refractivity (Wildman–Crippen MR) is 81.8 cm³/mol. The molecular formula is C14H11NO5S2. The monoisotopic (exact) mass is 337 g/mol. The SMILES string of the molecule is COC(=O)c1sccc1-c1ccc(/C=C(\C#N)S(C)(=O)=O)o1. The molecule has 0 atom stereocenters. The molecule has 2 aromatic rings. The second kappa shape index (κ2) is 6.17. The first-order valence-electron chi connectivity index (χ1n) is 5.94. The molecule has 0 N–H and O–H groups in total. The summed E-state index contributed by atoms with van der Waals surface area (Å²) in [6.07, 6.45) is 2.09. The van der Waals surface area contributed by atoms with Crippen LogP contribution in [0.15, 0.2) is 32.9 Å². The molecule has 0 amide bonds. The third kappa shape index (κ3) is 3.27. The minimum Gasteiger partial charge on any atom is -0.465 e. The van der Waals surface area contributed by atoms with Gasteiger partial charge in [-0.15, -0.1) is 11.3 Å². The fourth-order valence-corrected chi connectivity index (χ4v) is 2.99. The first-order valence-corrected chi connectivity index (χ1v) is 8.71. The topological polar surface area (TPSA) is 97.4 Å². The van der Waals surface area contributed by atoms with Crippen molar-refractivity contribution in [2.75, 3.05) is 13.4 Å². The number of rotatable bonds is 4. The molecule has 6 nitrogen and oxygen atoms in total. The van der Waals surface area contributed by atoms with Crippen LogP contribution in [0, 0.1) is 11.3 Å². The molecule has 0 aliphatic rings. The Bertz CT molecular complexity index is 880. The van der Waals surface area contributed by atoms with Crippen LogP contribution in [-0.2, 0) is 14.6 Å². The van der Waals surface area contributed by atoms with E-state index in [1.54, 1.807) is 23.6 Å². The number of nitriles is 1. The summed E-state index contributed by atoms with van der Waals surface area (Å²) >= 11 is 1.21. The maximum absolute atomic E-state index is 11.6. The van der Waals surface area contributed by atoms with E-state index < -0.39 is 20.7 Å². The molecule has 0 saturated carbocycles. The van der Waals surface area contributed by atoms with Gasteiger partial charge in [0.2, 0.25) is 0 Å². The van der Waals surface area contributed by atoms with Crippen molar-refractivity contribution >= 4 is 33.2 Å². The Hall–Kier alpha value is -2.37. The number of nitrogens with zero attached hydrogens (tertiary/aromatic N) is 1. The highest BCUT2D eigenvalue weighted by Crippen LogP contribution is 2.31. The van der Waals surface area contributed by atoms with Crippen LogP contribution >= 0.6 is 11.3 Å². The third-order valence-corrected chi connectivity index (χ3v) is 4.61. The highest BCUT2D eigenvalue weighted by molar-refractivity contribution is 7.95. The molecule has 0 aromatic carbocycles. The largest absolute Gasteiger partial charge is 0.465 e. The molecule has 2 aromatic heterocycles. The van der Waals surface area contributed by atoms with Gasteiger partial charge in [-0.1, -0.05) is 0 Å². The standard InChI is InChI=1S/C14H11NO5S2/c1-19-14(16)13-11(5-6-21-13)12-4-3-9(20-12)7-10(8-15)22(2,17)18/h3-7H,1-2H3/b10-7+. The van der Waals surface area contributed by atoms with Crippen LogP contribution in [0.3, 0.4) is 0 Å². The summed E-state index contributed by atoms with van der Waals surface area (Å²) in [7, 11) is -2.33. The minimum atomic E-state index is -3.62. The lowest BCUT2D eigenvalue weighted by molar-refractivity contribution is 0.0607. The first-order chi connectivity index (χ1) is 10.4. The van der Waals surface area contributed by atoms with Gasteiger partial charge in [0.1, 0.15) is 27.4 Å². The smallest absolute Gasteiger partial charge is 0.348 e. The van der Waals surface area contributed by atoms with E-state index >= 15 is 0 Å². The van der Waals surface area contributed by atoms with Crippen molar-refractivity contribution < 1.29 is 22.4 Å². The second-order valence-corrected chi connectivity index (χ2v) is 7.15. The van der Waals surface area contributed by atoms with E-state index in [2.05, 4.69) is 4.74 Å². The Kier molecular flexibility index (Phi) is 4.49. The van der Waals surface area contributed by atoms with Crippen LogP contribution in [0.1, 0.15) is 15.4 Å². The van der Waals surface area contributed by atoms with Gasteiger partial charge in [0, 0.05) is 17.9 Å². The lowest BCUT2D eigenvalue weighted by Gasteiger charge is -1.99.